The van der Waals surface area contributed by atoms with Gasteiger partial charge in [-0.15, -0.1) is 0 Å². The molecule has 0 bridgehead atoms. The molecule has 1 spiro atoms. The van der Waals surface area contributed by atoms with E-state index in [0.717, 1.165) is 31.2 Å². The molecule has 3 heterocycles. The summed E-state index contributed by atoms with van der Waals surface area (Å²) in [4.78, 5) is 25.1. The Bertz CT molecular complexity index is 750. The van der Waals surface area contributed by atoms with E-state index in [2.05, 4.69) is 13.0 Å². The smallest absolute Gasteiger partial charge is 0.313 e. The molecule has 1 aromatic heterocycles. The first-order valence-corrected chi connectivity index (χ1v) is 9.10. The SMILES string of the molecule is C[C@]12C[C@H](c3ccoc3)OC(=O)[C@H]1CC[C@@]13COC(=O)[C@@H]1C=CC[C@H]23. The first-order chi connectivity index (χ1) is 12.0. The van der Waals surface area contributed by atoms with E-state index in [9.17, 15) is 9.59 Å². The van der Waals surface area contributed by atoms with Gasteiger partial charge in [0.15, 0.2) is 0 Å². The second kappa shape index (κ2) is 4.99. The maximum Gasteiger partial charge on any atom is 0.313 e. The molecular weight excluding hydrogens is 320 g/mol. The van der Waals surface area contributed by atoms with Gasteiger partial charge in [0, 0.05) is 11.0 Å². The van der Waals surface area contributed by atoms with Gasteiger partial charge in [-0.2, -0.15) is 0 Å². The zero-order valence-corrected chi connectivity index (χ0v) is 14.3. The number of fused-ring (bicyclic) bond motifs is 2. The molecule has 3 fully saturated rings. The van der Waals surface area contributed by atoms with Crippen molar-refractivity contribution in [2.45, 2.75) is 38.7 Å². The third-order valence-corrected chi connectivity index (χ3v) is 7.32. The summed E-state index contributed by atoms with van der Waals surface area (Å²) in [6, 6.07) is 1.87. The van der Waals surface area contributed by atoms with Crippen LogP contribution in [0, 0.1) is 28.6 Å². The molecule has 6 atom stereocenters. The first-order valence-electron chi connectivity index (χ1n) is 9.10. The number of cyclic esters (lactones) is 2. The van der Waals surface area contributed by atoms with Crippen LogP contribution in [0.25, 0.3) is 0 Å². The molecule has 1 saturated carbocycles. The standard InChI is InChI=1S/C20H22O5/c1-19-9-15(12-6-8-23-10-12)25-18(22)13(19)5-7-20-11-24-17(21)14(20)3-2-4-16(19)20/h2-3,6,8,10,13-16H,4-5,7,9,11H2,1H3/t13-,14+,15-,16-,19+,20-/m1/s1. The Kier molecular flexibility index (Phi) is 3.04. The predicted molar refractivity (Wildman–Crippen MR) is 87.1 cm³/mol. The third kappa shape index (κ3) is 1.89. The van der Waals surface area contributed by atoms with Gasteiger partial charge in [-0.25, -0.2) is 0 Å². The largest absolute Gasteiger partial charge is 0.472 e. The summed E-state index contributed by atoms with van der Waals surface area (Å²) in [6.07, 6.45) is 10.4. The van der Waals surface area contributed by atoms with E-state index < -0.39 is 0 Å². The monoisotopic (exact) mass is 342 g/mol. The van der Waals surface area contributed by atoms with E-state index in [0.29, 0.717) is 6.61 Å². The van der Waals surface area contributed by atoms with Crippen LogP contribution in [-0.2, 0) is 19.1 Å². The number of carbonyl (C=O) groups excluding carboxylic acids is 2. The topological polar surface area (TPSA) is 65.7 Å². The highest BCUT2D eigenvalue weighted by Crippen LogP contribution is 2.66. The van der Waals surface area contributed by atoms with Crippen molar-refractivity contribution >= 4 is 11.9 Å². The van der Waals surface area contributed by atoms with E-state index >= 15 is 0 Å². The minimum Gasteiger partial charge on any atom is -0.472 e. The normalized spacial score (nSPS) is 45.2. The zero-order chi connectivity index (χ0) is 17.2. The summed E-state index contributed by atoms with van der Waals surface area (Å²) in [6.45, 7) is 2.70. The highest BCUT2D eigenvalue weighted by atomic mass is 16.5. The fourth-order valence-electron chi connectivity index (χ4n) is 6.09. The second-order valence-corrected chi connectivity index (χ2v) is 8.32. The van der Waals surface area contributed by atoms with Crippen LogP contribution in [-0.4, -0.2) is 18.5 Å². The van der Waals surface area contributed by atoms with Crippen LogP contribution in [0.5, 0.6) is 0 Å². The average molecular weight is 342 g/mol. The van der Waals surface area contributed by atoms with Gasteiger partial charge < -0.3 is 13.9 Å². The molecule has 5 heteroatoms. The van der Waals surface area contributed by atoms with E-state index in [4.69, 9.17) is 13.9 Å². The zero-order valence-electron chi connectivity index (χ0n) is 14.3. The van der Waals surface area contributed by atoms with Gasteiger partial charge in [0.1, 0.15) is 6.10 Å². The number of allylic oxidation sites excluding steroid dienone is 1. The highest BCUT2D eigenvalue weighted by molar-refractivity contribution is 5.79. The van der Waals surface area contributed by atoms with E-state index in [-0.39, 0.29) is 46.6 Å². The van der Waals surface area contributed by atoms with Crippen LogP contribution in [0.3, 0.4) is 0 Å². The maximum atomic E-state index is 12.8. The summed E-state index contributed by atoms with van der Waals surface area (Å²) >= 11 is 0. The molecule has 0 N–H and O–H groups in total. The summed E-state index contributed by atoms with van der Waals surface area (Å²) in [5.41, 5.74) is 0.552. The fourth-order valence-corrected chi connectivity index (χ4v) is 6.09. The van der Waals surface area contributed by atoms with Gasteiger partial charge in [0.2, 0.25) is 0 Å². The second-order valence-electron chi connectivity index (χ2n) is 8.32. The molecule has 2 aliphatic carbocycles. The molecule has 2 aliphatic heterocycles. The number of hydrogen-bond donors (Lipinski definition) is 0. The summed E-state index contributed by atoms with van der Waals surface area (Å²) in [5, 5.41) is 0. The van der Waals surface area contributed by atoms with Gasteiger partial charge >= 0.3 is 11.9 Å². The quantitative estimate of drug-likeness (QED) is 0.578. The van der Waals surface area contributed by atoms with E-state index in [1.165, 1.54) is 0 Å². The number of esters is 2. The minimum atomic E-state index is -0.273. The summed E-state index contributed by atoms with van der Waals surface area (Å²) < 4.78 is 16.4. The Morgan fingerprint density at radius 2 is 2.12 bits per heavy atom. The summed E-state index contributed by atoms with van der Waals surface area (Å²) in [5.74, 6) is -0.218. The van der Waals surface area contributed by atoms with Gasteiger partial charge in [0.05, 0.1) is 31.0 Å². The number of rotatable bonds is 1. The van der Waals surface area contributed by atoms with Crippen molar-refractivity contribution in [3.63, 3.8) is 0 Å². The van der Waals surface area contributed by atoms with Gasteiger partial charge in [-0.05, 0) is 43.1 Å². The highest BCUT2D eigenvalue weighted by Gasteiger charge is 2.66. The van der Waals surface area contributed by atoms with Crippen molar-refractivity contribution in [1.29, 1.82) is 0 Å². The molecule has 0 radical (unpaired) electrons. The lowest BCUT2D eigenvalue weighted by Crippen LogP contribution is -2.58. The van der Waals surface area contributed by atoms with Gasteiger partial charge in [-0.1, -0.05) is 19.1 Å². The molecule has 0 amide bonds. The Hall–Kier alpha value is -2.04. The molecule has 2 saturated heterocycles. The van der Waals surface area contributed by atoms with Gasteiger partial charge in [0.25, 0.3) is 0 Å². The molecule has 5 rings (SSSR count). The number of carbonyl (C=O) groups is 2. The lowest BCUT2D eigenvalue weighted by molar-refractivity contribution is -0.195. The van der Waals surface area contributed by atoms with Crippen molar-refractivity contribution in [3.8, 4) is 0 Å². The lowest BCUT2D eigenvalue weighted by atomic mass is 9.45. The predicted octanol–water partition coefficient (Wildman–Crippen LogP) is 3.42. The molecular formula is C20H22O5. The van der Waals surface area contributed by atoms with Crippen LogP contribution in [0.4, 0.5) is 0 Å². The van der Waals surface area contributed by atoms with Crippen molar-refractivity contribution < 1.29 is 23.5 Å². The molecule has 0 unspecified atom stereocenters. The summed E-state index contributed by atoms with van der Waals surface area (Å²) in [7, 11) is 0. The van der Waals surface area contributed by atoms with Crippen LogP contribution >= 0.6 is 0 Å². The van der Waals surface area contributed by atoms with Crippen molar-refractivity contribution in [1.82, 2.24) is 0 Å². The van der Waals surface area contributed by atoms with Crippen molar-refractivity contribution in [2.75, 3.05) is 6.61 Å². The third-order valence-electron chi connectivity index (χ3n) is 7.32. The van der Waals surface area contributed by atoms with Gasteiger partial charge in [-0.3, -0.25) is 9.59 Å². The maximum absolute atomic E-state index is 12.8. The van der Waals surface area contributed by atoms with Crippen molar-refractivity contribution in [2.24, 2.45) is 28.6 Å². The van der Waals surface area contributed by atoms with Crippen LogP contribution in [0.2, 0.25) is 0 Å². The number of furan rings is 1. The first kappa shape index (κ1) is 15.2. The van der Waals surface area contributed by atoms with E-state index in [1.54, 1.807) is 12.5 Å². The van der Waals surface area contributed by atoms with E-state index in [1.807, 2.05) is 12.1 Å². The number of hydrogen-bond acceptors (Lipinski definition) is 5. The average Bonchev–Trinajstić information content (AvgIpc) is 3.23. The Morgan fingerprint density at radius 1 is 1.24 bits per heavy atom. The van der Waals surface area contributed by atoms with Crippen LogP contribution in [0.1, 0.15) is 44.3 Å². The lowest BCUT2D eigenvalue weighted by Gasteiger charge is -2.59. The Balaban J connectivity index is 1.56. The van der Waals surface area contributed by atoms with Crippen LogP contribution in [0.15, 0.2) is 35.2 Å². The fraction of sp³-hybridized carbons (Fsp3) is 0.600. The molecule has 5 nitrogen and oxygen atoms in total. The molecule has 25 heavy (non-hydrogen) atoms. The molecule has 0 aromatic carbocycles. The van der Waals surface area contributed by atoms with Crippen molar-refractivity contribution in [3.05, 3.63) is 36.3 Å². The Labute approximate surface area is 146 Å². The number of ether oxygens (including phenoxy) is 2. The minimum absolute atomic E-state index is 0.103. The molecule has 4 aliphatic rings. The Morgan fingerprint density at radius 3 is 2.92 bits per heavy atom. The molecule has 1 aromatic rings. The van der Waals surface area contributed by atoms with Crippen LogP contribution < -0.4 is 0 Å². The molecule has 132 valence electrons.